The molecule has 4 heterocycles. The van der Waals surface area contributed by atoms with Crippen LogP contribution in [0, 0.1) is 0 Å². The van der Waals surface area contributed by atoms with Crippen LogP contribution in [-0.2, 0) is 16.4 Å². The van der Waals surface area contributed by atoms with Gasteiger partial charge in [0.15, 0.2) is 9.84 Å². The molecule has 3 aliphatic rings. The number of fused-ring (bicyclic) bond motifs is 2. The molecule has 0 radical (unpaired) electrons. The molecule has 154 valence electrons. The van der Waals surface area contributed by atoms with E-state index in [0.29, 0.717) is 25.6 Å². The van der Waals surface area contributed by atoms with Gasteiger partial charge in [0.2, 0.25) is 0 Å². The SMILES string of the molecule is O=S1(=O)CCN(c2ccnc3c2COc2ccc(C4CCNCC4)cc2N3)CC1. The van der Waals surface area contributed by atoms with Crippen LogP contribution in [0.5, 0.6) is 5.75 Å². The summed E-state index contributed by atoms with van der Waals surface area (Å²) < 4.78 is 29.7. The van der Waals surface area contributed by atoms with E-state index < -0.39 is 9.84 Å². The topological polar surface area (TPSA) is 83.6 Å². The number of anilines is 3. The van der Waals surface area contributed by atoms with Crippen LogP contribution in [0.25, 0.3) is 0 Å². The zero-order valence-corrected chi connectivity index (χ0v) is 17.2. The van der Waals surface area contributed by atoms with Gasteiger partial charge in [-0.05, 0) is 55.6 Å². The summed E-state index contributed by atoms with van der Waals surface area (Å²) in [6.07, 6.45) is 4.08. The molecular formula is C21H26N4O3S. The standard InChI is InChI=1S/C21H26N4O3S/c26-29(27)11-9-25(10-12-29)19-5-8-23-21-17(19)14-28-20-2-1-16(13-18(20)24-21)15-3-6-22-7-4-15/h1-2,5,8,13,15,22H,3-4,6-7,9-12,14H2,(H,23,24). The average molecular weight is 415 g/mol. The lowest BCUT2D eigenvalue weighted by Gasteiger charge is -2.30. The lowest BCUT2D eigenvalue weighted by atomic mass is 9.90. The van der Waals surface area contributed by atoms with E-state index in [1.54, 1.807) is 6.20 Å². The summed E-state index contributed by atoms with van der Waals surface area (Å²) in [5.41, 5.74) is 4.27. The molecular weight excluding hydrogens is 388 g/mol. The minimum Gasteiger partial charge on any atom is -0.487 e. The largest absolute Gasteiger partial charge is 0.487 e. The van der Waals surface area contributed by atoms with Gasteiger partial charge in [0.1, 0.15) is 18.2 Å². The summed E-state index contributed by atoms with van der Waals surface area (Å²) in [6, 6.07) is 8.38. The number of sulfone groups is 1. The van der Waals surface area contributed by atoms with Crippen LogP contribution in [0.15, 0.2) is 30.5 Å². The Morgan fingerprint density at radius 3 is 2.69 bits per heavy atom. The third kappa shape index (κ3) is 3.79. The van der Waals surface area contributed by atoms with E-state index in [1.165, 1.54) is 5.56 Å². The molecule has 0 aliphatic carbocycles. The maximum absolute atomic E-state index is 11.8. The Bertz CT molecular complexity index is 1000. The number of hydrogen-bond acceptors (Lipinski definition) is 7. The first-order chi connectivity index (χ1) is 14.1. The van der Waals surface area contributed by atoms with Gasteiger partial charge in [-0.15, -0.1) is 0 Å². The van der Waals surface area contributed by atoms with Gasteiger partial charge in [0, 0.05) is 25.0 Å². The zero-order chi connectivity index (χ0) is 19.8. The Balaban J connectivity index is 1.43. The molecule has 8 heteroatoms. The molecule has 0 bridgehead atoms. The van der Waals surface area contributed by atoms with Crippen molar-refractivity contribution in [2.45, 2.75) is 25.4 Å². The molecule has 0 unspecified atom stereocenters. The predicted octanol–water partition coefficient (Wildman–Crippen LogP) is 2.42. The van der Waals surface area contributed by atoms with Crippen molar-refractivity contribution >= 4 is 27.0 Å². The highest BCUT2D eigenvalue weighted by molar-refractivity contribution is 7.91. The number of benzene rings is 1. The molecule has 3 aliphatic heterocycles. The molecule has 0 saturated carbocycles. The van der Waals surface area contributed by atoms with Crippen LogP contribution in [0.4, 0.5) is 17.2 Å². The van der Waals surface area contributed by atoms with Gasteiger partial charge in [-0.3, -0.25) is 0 Å². The minimum absolute atomic E-state index is 0.193. The van der Waals surface area contributed by atoms with Crippen molar-refractivity contribution in [1.29, 1.82) is 0 Å². The second-order valence-corrected chi connectivity index (χ2v) is 10.3. The summed E-state index contributed by atoms with van der Waals surface area (Å²) in [6.45, 7) is 3.54. The van der Waals surface area contributed by atoms with Crippen molar-refractivity contribution in [2.24, 2.45) is 0 Å². The fourth-order valence-electron chi connectivity index (χ4n) is 4.44. The van der Waals surface area contributed by atoms with Gasteiger partial charge in [0.25, 0.3) is 0 Å². The van der Waals surface area contributed by atoms with Crippen LogP contribution in [-0.4, -0.2) is 51.1 Å². The zero-order valence-electron chi connectivity index (χ0n) is 16.4. The van der Waals surface area contributed by atoms with Crippen LogP contribution in [0.2, 0.25) is 0 Å². The van der Waals surface area contributed by atoms with Crippen molar-refractivity contribution < 1.29 is 13.2 Å². The maximum Gasteiger partial charge on any atom is 0.153 e. The molecule has 5 rings (SSSR count). The third-order valence-electron chi connectivity index (χ3n) is 6.16. The number of aromatic nitrogens is 1. The minimum atomic E-state index is -2.92. The van der Waals surface area contributed by atoms with E-state index in [1.807, 2.05) is 6.07 Å². The predicted molar refractivity (Wildman–Crippen MR) is 114 cm³/mol. The summed E-state index contributed by atoms with van der Waals surface area (Å²) in [5, 5.41) is 6.90. The summed E-state index contributed by atoms with van der Waals surface area (Å²) >= 11 is 0. The lowest BCUT2D eigenvalue weighted by Crippen LogP contribution is -2.40. The Labute approximate surface area is 171 Å². The number of pyridine rings is 1. The van der Waals surface area contributed by atoms with Gasteiger partial charge in [-0.1, -0.05) is 6.07 Å². The van der Waals surface area contributed by atoms with Crippen LogP contribution >= 0.6 is 0 Å². The molecule has 2 saturated heterocycles. The molecule has 2 aromatic rings. The number of nitrogens with zero attached hydrogens (tertiary/aromatic N) is 2. The Morgan fingerprint density at radius 1 is 1.10 bits per heavy atom. The van der Waals surface area contributed by atoms with E-state index in [-0.39, 0.29) is 11.5 Å². The van der Waals surface area contributed by atoms with E-state index in [4.69, 9.17) is 4.74 Å². The second-order valence-electron chi connectivity index (χ2n) is 7.99. The number of nitrogens with one attached hydrogen (secondary N) is 2. The molecule has 0 atom stereocenters. The normalized spacial score (nSPS) is 21.3. The molecule has 2 N–H and O–H groups in total. The number of piperidine rings is 1. The van der Waals surface area contributed by atoms with Crippen LogP contribution in [0.1, 0.15) is 29.9 Å². The van der Waals surface area contributed by atoms with Gasteiger partial charge in [-0.2, -0.15) is 0 Å². The fraction of sp³-hybridized carbons (Fsp3) is 0.476. The monoisotopic (exact) mass is 414 g/mol. The van der Waals surface area contributed by atoms with E-state index in [0.717, 1.165) is 54.4 Å². The van der Waals surface area contributed by atoms with E-state index in [9.17, 15) is 8.42 Å². The third-order valence-corrected chi connectivity index (χ3v) is 7.76. The highest BCUT2D eigenvalue weighted by Gasteiger charge is 2.26. The van der Waals surface area contributed by atoms with Crippen molar-refractivity contribution in [3.63, 3.8) is 0 Å². The molecule has 0 spiro atoms. The highest BCUT2D eigenvalue weighted by atomic mass is 32.2. The number of hydrogen-bond donors (Lipinski definition) is 2. The Morgan fingerprint density at radius 2 is 1.90 bits per heavy atom. The smallest absolute Gasteiger partial charge is 0.153 e. The van der Waals surface area contributed by atoms with Crippen molar-refractivity contribution in [3.05, 3.63) is 41.6 Å². The summed E-state index contributed by atoms with van der Waals surface area (Å²) in [5.74, 6) is 2.57. The maximum atomic E-state index is 11.8. The van der Waals surface area contributed by atoms with E-state index >= 15 is 0 Å². The molecule has 1 aromatic heterocycles. The van der Waals surface area contributed by atoms with Crippen molar-refractivity contribution in [3.8, 4) is 5.75 Å². The quantitative estimate of drug-likeness (QED) is 0.781. The van der Waals surface area contributed by atoms with Crippen LogP contribution < -0.4 is 20.3 Å². The van der Waals surface area contributed by atoms with Gasteiger partial charge in [0.05, 0.1) is 22.8 Å². The molecule has 1 aromatic carbocycles. The number of rotatable bonds is 2. The fourth-order valence-corrected chi connectivity index (χ4v) is 5.64. The van der Waals surface area contributed by atoms with E-state index in [2.05, 4.69) is 38.7 Å². The average Bonchev–Trinajstić information content (AvgIpc) is 2.93. The van der Waals surface area contributed by atoms with Crippen molar-refractivity contribution in [2.75, 3.05) is 47.9 Å². The Hall–Kier alpha value is -2.32. The lowest BCUT2D eigenvalue weighted by molar-refractivity contribution is 0.310. The second kappa shape index (κ2) is 7.50. The molecule has 2 fully saturated rings. The molecule has 7 nitrogen and oxygen atoms in total. The first-order valence-corrected chi connectivity index (χ1v) is 12.1. The van der Waals surface area contributed by atoms with Crippen LogP contribution in [0.3, 0.4) is 0 Å². The van der Waals surface area contributed by atoms with Crippen molar-refractivity contribution in [1.82, 2.24) is 10.3 Å². The Kier molecular flexibility index (Phi) is 4.83. The molecule has 0 amide bonds. The summed E-state index contributed by atoms with van der Waals surface area (Å²) in [4.78, 5) is 6.69. The highest BCUT2D eigenvalue weighted by Crippen LogP contribution is 2.39. The summed E-state index contributed by atoms with van der Waals surface area (Å²) in [7, 11) is -2.92. The van der Waals surface area contributed by atoms with Gasteiger partial charge in [-0.25, -0.2) is 13.4 Å². The van der Waals surface area contributed by atoms with Gasteiger partial charge < -0.3 is 20.3 Å². The number of ether oxygens (including phenoxy) is 1. The first kappa shape index (κ1) is 18.7. The first-order valence-electron chi connectivity index (χ1n) is 10.3. The molecule has 29 heavy (non-hydrogen) atoms. The van der Waals surface area contributed by atoms with Gasteiger partial charge >= 0.3 is 0 Å².